The molecule has 1 amide bonds. The zero-order chi connectivity index (χ0) is 22.9. The number of anilines is 2. The van der Waals surface area contributed by atoms with E-state index in [2.05, 4.69) is 37.5 Å². The highest BCUT2D eigenvalue weighted by Gasteiger charge is 2.18. The third kappa shape index (κ3) is 7.38. The summed E-state index contributed by atoms with van der Waals surface area (Å²) in [6.07, 6.45) is 4.81. The van der Waals surface area contributed by atoms with Crippen LogP contribution in [0.25, 0.3) is 0 Å². The molecule has 1 aliphatic heterocycles. The second-order valence-electron chi connectivity index (χ2n) is 7.95. The fourth-order valence-electron chi connectivity index (χ4n) is 3.23. The molecule has 0 atom stereocenters. The molecule has 3 rings (SSSR count). The maximum atomic E-state index is 13.7. The van der Waals surface area contributed by atoms with Crippen molar-refractivity contribution in [3.05, 3.63) is 47.1 Å². The van der Waals surface area contributed by atoms with Crippen molar-refractivity contribution in [3.63, 3.8) is 0 Å². The first-order chi connectivity index (χ1) is 15.4. The molecule has 2 aromatic rings. The Morgan fingerprint density at radius 1 is 1.31 bits per heavy atom. The lowest BCUT2D eigenvalue weighted by atomic mass is 9.97. The minimum absolute atomic E-state index is 0.130. The van der Waals surface area contributed by atoms with Gasteiger partial charge in [-0.15, -0.1) is 0 Å². The number of rotatable bonds is 7. The minimum atomic E-state index is -0.402. The minimum Gasteiger partial charge on any atom is -0.489 e. The third-order valence-electron chi connectivity index (χ3n) is 4.95. The number of amides is 1. The smallest absolute Gasteiger partial charge is 0.280 e. The fraction of sp³-hybridized carbons (Fsp3) is 0.455. The van der Waals surface area contributed by atoms with Crippen molar-refractivity contribution in [2.24, 2.45) is 5.92 Å². The lowest BCUT2D eigenvalue weighted by Gasteiger charge is -2.28. The van der Waals surface area contributed by atoms with Crippen LogP contribution in [0.4, 0.5) is 15.9 Å². The van der Waals surface area contributed by atoms with Gasteiger partial charge in [-0.25, -0.2) is 19.3 Å². The quantitative estimate of drug-likeness (QED) is 0.649. The summed E-state index contributed by atoms with van der Waals surface area (Å²) in [7, 11) is 2.11. The monoisotopic (exact) mass is 460 g/mol. The maximum absolute atomic E-state index is 13.7. The van der Waals surface area contributed by atoms with Crippen molar-refractivity contribution < 1.29 is 13.9 Å². The lowest BCUT2D eigenvalue weighted by Crippen LogP contribution is -2.36. The average Bonchev–Trinajstić information content (AvgIpc) is 2.87. The van der Waals surface area contributed by atoms with Gasteiger partial charge in [0.15, 0.2) is 10.8 Å². The van der Waals surface area contributed by atoms with E-state index < -0.39 is 5.82 Å². The van der Waals surface area contributed by atoms with Crippen molar-refractivity contribution in [2.45, 2.75) is 32.8 Å². The highest BCUT2D eigenvalue weighted by atomic mass is 32.1. The Bertz CT molecular complexity index is 961. The first-order valence-corrected chi connectivity index (χ1v) is 11.5. The summed E-state index contributed by atoms with van der Waals surface area (Å²) in [4.78, 5) is 27.6. The Balaban J connectivity index is 1.74. The molecule has 1 saturated heterocycles. The van der Waals surface area contributed by atoms with Crippen LogP contribution in [0.3, 0.4) is 0 Å². The molecule has 8 nitrogen and oxygen atoms in total. The van der Waals surface area contributed by atoms with E-state index >= 15 is 0 Å². The second kappa shape index (κ2) is 11.7. The first-order valence-electron chi connectivity index (χ1n) is 10.6. The standard InChI is InChI=1S/C22H29FN6O2S/c1-15(2)31-19-10-17(23)4-5-18(19)28-20-12-26-22(32-14-24-13-27-20)21(30)25-11-16-6-8-29(3)9-7-16/h4-5,10,12-16,28H,6-9,11H2,1-3H3,(H,25,30). The number of ether oxygens (including phenoxy) is 1. The molecule has 0 unspecified atom stereocenters. The SMILES string of the molecule is CC(C)Oc1cc(F)ccc1Nc1cnc(C(=O)NCC2CCN(C)CC2)scncn1. The van der Waals surface area contributed by atoms with Crippen molar-refractivity contribution in [1.29, 1.82) is 0 Å². The van der Waals surface area contributed by atoms with Crippen molar-refractivity contribution in [1.82, 2.24) is 25.2 Å². The Morgan fingerprint density at radius 2 is 2.09 bits per heavy atom. The first kappa shape index (κ1) is 23.8. The molecule has 2 N–H and O–H groups in total. The van der Waals surface area contributed by atoms with Crippen LogP contribution in [-0.2, 0) is 0 Å². The summed E-state index contributed by atoms with van der Waals surface area (Å²) < 4.78 is 19.4. The zero-order valence-electron chi connectivity index (χ0n) is 18.5. The summed E-state index contributed by atoms with van der Waals surface area (Å²) in [5.41, 5.74) is 2.04. The number of hydrogen-bond donors (Lipinski definition) is 2. The molecule has 172 valence electrons. The number of halogens is 1. The number of nitrogens with one attached hydrogen (secondary N) is 2. The molecule has 0 bridgehead atoms. The molecule has 1 aromatic carbocycles. The molecule has 0 radical (unpaired) electrons. The van der Waals surface area contributed by atoms with E-state index in [1.807, 2.05) is 13.8 Å². The molecular formula is C22H29FN6O2S. The van der Waals surface area contributed by atoms with Crippen LogP contribution >= 0.6 is 11.3 Å². The van der Waals surface area contributed by atoms with Gasteiger partial charge in [0.1, 0.15) is 17.9 Å². The van der Waals surface area contributed by atoms with Gasteiger partial charge in [0.25, 0.3) is 5.91 Å². The molecule has 32 heavy (non-hydrogen) atoms. The van der Waals surface area contributed by atoms with E-state index in [-0.39, 0.29) is 17.0 Å². The molecular weight excluding hydrogens is 431 g/mol. The predicted molar refractivity (Wildman–Crippen MR) is 123 cm³/mol. The number of carbonyl (C=O) groups is 1. The Morgan fingerprint density at radius 3 is 2.84 bits per heavy atom. The van der Waals surface area contributed by atoms with Gasteiger partial charge in [-0.2, -0.15) is 0 Å². The number of piperidine rings is 1. The summed E-state index contributed by atoms with van der Waals surface area (Å²) in [6.45, 7) is 6.44. The molecule has 0 saturated carbocycles. The average molecular weight is 461 g/mol. The van der Waals surface area contributed by atoms with Crippen LogP contribution in [0.5, 0.6) is 5.75 Å². The van der Waals surface area contributed by atoms with Gasteiger partial charge in [0.05, 0.1) is 23.5 Å². The highest BCUT2D eigenvalue weighted by Crippen LogP contribution is 2.28. The number of aromatic nitrogens is 3. The fourth-order valence-corrected chi connectivity index (χ4v) is 3.74. The number of nitrogens with zero attached hydrogens (tertiary/aromatic N) is 4. The molecule has 0 spiro atoms. The Kier molecular flexibility index (Phi) is 8.69. The van der Waals surface area contributed by atoms with Crippen LogP contribution in [0.1, 0.15) is 36.5 Å². The Hall–Kier alpha value is -2.85. The van der Waals surface area contributed by atoms with Gasteiger partial charge < -0.3 is 20.3 Å². The predicted octanol–water partition coefficient (Wildman–Crippen LogP) is 3.80. The van der Waals surface area contributed by atoms with Crippen LogP contribution < -0.4 is 15.4 Å². The van der Waals surface area contributed by atoms with E-state index in [1.165, 1.54) is 30.2 Å². The lowest BCUT2D eigenvalue weighted by molar-refractivity contribution is 0.0938. The highest BCUT2D eigenvalue weighted by molar-refractivity contribution is 7.11. The number of carbonyl (C=O) groups excluding carboxylic acids is 1. The van der Waals surface area contributed by atoms with E-state index in [4.69, 9.17) is 4.74 Å². The van der Waals surface area contributed by atoms with Gasteiger partial charge in [-0.1, -0.05) is 11.3 Å². The Labute approximate surface area is 191 Å². The summed E-state index contributed by atoms with van der Waals surface area (Å²) >= 11 is 1.13. The van der Waals surface area contributed by atoms with E-state index in [1.54, 1.807) is 6.07 Å². The number of benzene rings is 1. The van der Waals surface area contributed by atoms with Gasteiger partial charge >= 0.3 is 0 Å². The molecule has 10 heteroatoms. The molecule has 0 aliphatic carbocycles. The number of hydrogen-bond acceptors (Lipinski definition) is 8. The van der Waals surface area contributed by atoms with Gasteiger partial charge in [-0.05, 0) is 64.9 Å². The van der Waals surface area contributed by atoms with Crippen LogP contribution in [0.2, 0.25) is 0 Å². The van der Waals surface area contributed by atoms with Crippen LogP contribution in [-0.4, -0.2) is 58.5 Å². The summed E-state index contributed by atoms with van der Waals surface area (Å²) in [6, 6.07) is 4.20. The molecule has 2 heterocycles. The third-order valence-corrected chi connectivity index (χ3v) is 5.69. The number of likely N-dealkylation sites (tertiary alicyclic amines) is 1. The molecule has 1 aliphatic rings. The normalized spacial score (nSPS) is 14.7. The summed E-state index contributed by atoms with van der Waals surface area (Å²) in [5, 5.41) is 6.32. The topological polar surface area (TPSA) is 92.3 Å². The van der Waals surface area contributed by atoms with Gasteiger partial charge in [0.2, 0.25) is 0 Å². The molecule has 1 fully saturated rings. The van der Waals surface area contributed by atoms with Crippen molar-refractivity contribution in [2.75, 3.05) is 32.0 Å². The van der Waals surface area contributed by atoms with Crippen molar-refractivity contribution >= 4 is 28.7 Å². The zero-order valence-corrected chi connectivity index (χ0v) is 19.4. The maximum Gasteiger partial charge on any atom is 0.280 e. The summed E-state index contributed by atoms with van der Waals surface area (Å²) in [5.74, 6) is 0.517. The second-order valence-corrected chi connectivity index (χ2v) is 8.79. The van der Waals surface area contributed by atoms with E-state index in [0.717, 1.165) is 37.3 Å². The van der Waals surface area contributed by atoms with Crippen molar-refractivity contribution in [3.8, 4) is 5.75 Å². The molecule has 1 aromatic heterocycles. The van der Waals surface area contributed by atoms with E-state index in [9.17, 15) is 9.18 Å². The van der Waals surface area contributed by atoms with Crippen LogP contribution in [0.15, 0.2) is 36.2 Å². The van der Waals surface area contributed by atoms with Gasteiger partial charge in [-0.3, -0.25) is 4.79 Å². The van der Waals surface area contributed by atoms with Crippen LogP contribution in [0, 0.1) is 11.7 Å². The van der Waals surface area contributed by atoms with Gasteiger partial charge in [0, 0.05) is 12.6 Å². The van der Waals surface area contributed by atoms with E-state index in [0.29, 0.717) is 29.7 Å². The largest absolute Gasteiger partial charge is 0.489 e.